The zero-order valence-electron chi connectivity index (χ0n) is 10.1. The molecule has 5 nitrogen and oxygen atoms in total. The van der Waals surface area contributed by atoms with E-state index in [1.165, 1.54) is 0 Å². The first-order valence-electron chi connectivity index (χ1n) is 5.08. The number of carbonyl (C=O) groups is 1. The highest BCUT2D eigenvalue weighted by Gasteiger charge is 2.20. The van der Waals surface area contributed by atoms with Crippen LogP contribution in [-0.2, 0) is 4.79 Å². The summed E-state index contributed by atoms with van der Waals surface area (Å²) in [6, 6.07) is 1.55. The van der Waals surface area contributed by atoms with Gasteiger partial charge < -0.3 is 15.5 Å². The number of carbonyl (C=O) groups excluding carboxylic acids is 1. The first-order valence-corrected chi connectivity index (χ1v) is 5.08. The summed E-state index contributed by atoms with van der Waals surface area (Å²) in [6.45, 7) is 1.85. The maximum absolute atomic E-state index is 11.8. The van der Waals surface area contributed by atoms with E-state index in [0.717, 1.165) is 5.69 Å². The molecule has 0 spiro atoms. The van der Waals surface area contributed by atoms with Crippen molar-refractivity contribution in [3.8, 4) is 0 Å². The number of rotatable bonds is 3. The van der Waals surface area contributed by atoms with E-state index in [1.807, 2.05) is 18.9 Å². The van der Waals surface area contributed by atoms with Gasteiger partial charge in [-0.1, -0.05) is 0 Å². The number of hydrogen-bond donors (Lipinski definition) is 1. The van der Waals surface area contributed by atoms with Crippen molar-refractivity contribution in [3.05, 3.63) is 18.5 Å². The lowest BCUT2D eigenvalue weighted by molar-refractivity contribution is -0.129. The third kappa shape index (κ3) is 2.42. The second-order valence-electron chi connectivity index (χ2n) is 3.95. The number of amides is 1. The summed E-state index contributed by atoms with van der Waals surface area (Å²) in [7, 11) is 5.32. The van der Waals surface area contributed by atoms with E-state index in [1.54, 1.807) is 37.5 Å². The Morgan fingerprint density at radius 2 is 2.06 bits per heavy atom. The minimum Gasteiger partial charge on any atom is -0.396 e. The molecule has 1 amide bonds. The van der Waals surface area contributed by atoms with E-state index in [-0.39, 0.29) is 11.9 Å². The predicted octanol–water partition coefficient (Wildman–Crippen LogP) is 0.577. The molecule has 5 heteroatoms. The summed E-state index contributed by atoms with van der Waals surface area (Å²) >= 11 is 0. The molecule has 1 heterocycles. The summed E-state index contributed by atoms with van der Waals surface area (Å²) in [5.41, 5.74) is 7.20. The Morgan fingerprint density at radius 1 is 1.44 bits per heavy atom. The second kappa shape index (κ2) is 4.83. The Kier molecular flexibility index (Phi) is 3.71. The van der Waals surface area contributed by atoms with Gasteiger partial charge >= 0.3 is 0 Å². The number of nitrogens with two attached hydrogens (primary N) is 1. The molecule has 2 N–H and O–H groups in total. The van der Waals surface area contributed by atoms with Gasteiger partial charge in [0.05, 0.1) is 17.6 Å². The van der Waals surface area contributed by atoms with Gasteiger partial charge in [0.25, 0.3) is 0 Å². The Labute approximate surface area is 95.9 Å². The maximum Gasteiger partial charge on any atom is 0.244 e. The summed E-state index contributed by atoms with van der Waals surface area (Å²) < 4.78 is 0. The van der Waals surface area contributed by atoms with Gasteiger partial charge in [0.15, 0.2) is 0 Å². The van der Waals surface area contributed by atoms with Gasteiger partial charge in [-0.3, -0.25) is 9.78 Å². The fourth-order valence-electron chi connectivity index (χ4n) is 1.47. The lowest BCUT2D eigenvalue weighted by atomic mass is 10.2. The average Bonchev–Trinajstić information content (AvgIpc) is 2.26. The Bertz CT molecular complexity index is 378. The number of hydrogen-bond acceptors (Lipinski definition) is 4. The van der Waals surface area contributed by atoms with Crippen molar-refractivity contribution in [3.63, 3.8) is 0 Å². The van der Waals surface area contributed by atoms with Gasteiger partial charge in [-0.15, -0.1) is 0 Å². The number of anilines is 2. The predicted molar refractivity (Wildman–Crippen MR) is 65.2 cm³/mol. The van der Waals surface area contributed by atoms with Crippen LogP contribution in [0.2, 0.25) is 0 Å². The summed E-state index contributed by atoms with van der Waals surface area (Å²) in [5.74, 6) is 0.0405. The van der Waals surface area contributed by atoms with Crippen molar-refractivity contribution in [1.82, 2.24) is 9.88 Å². The molecule has 0 saturated carbocycles. The number of aromatic nitrogens is 1. The average molecular weight is 222 g/mol. The van der Waals surface area contributed by atoms with Crippen molar-refractivity contribution < 1.29 is 4.79 Å². The van der Waals surface area contributed by atoms with Crippen molar-refractivity contribution in [2.45, 2.75) is 13.0 Å². The van der Waals surface area contributed by atoms with Gasteiger partial charge in [-0.2, -0.15) is 0 Å². The van der Waals surface area contributed by atoms with Crippen LogP contribution in [0.3, 0.4) is 0 Å². The van der Waals surface area contributed by atoms with Crippen molar-refractivity contribution in [2.24, 2.45) is 0 Å². The molecule has 0 aliphatic heterocycles. The molecule has 0 radical (unpaired) electrons. The molecule has 1 atom stereocenters. The van der Waals surface area contributed by atoms with Gasteiger partial charge in [0, 0.05) is 27.3 Å². The van der Waals surface area contributed by atoms with Crippen LogP contribution >= 0.6 is 0 Å². The Hall–Kier alpha value is -1.78. The third-order valence-corrected chi connectivity index (χ3v) is 2.59. The second-order valence-corrected chi connectivity index (χ2v) is 3.95. The molecule has 0 aromatic carbocycles. The van der Waals surface area contributed by atoms with Crippen molar-refractivity contribution >= 4 is 17.3 Å². The molecule has 1 unspecified atom stereocenters. The van der Waals surface area contributed by atoms with Crippen LogP contribution in [0.4, 0.5) is 11.4 Å². The standard InChI is InChI=1S/C11H18N4O/c1-8(11(16)14(2)3)15(4)10-5-6-13-7-9(10)12/h5-8H,12H2,1-4H3. The van der Waals surface area contributed by atoms with E-state index in [2.05, 4.69) is 4.98 Å². The number of pyridine rings is 1. The van der Waals surface area contributed by atoms with E-state index in [4.69, 9.17) is 5.73 Å². The van der Waals surface area contributed by atoms with Crippen LogP contribution < -0.4 is 10.6 Å². The van der Waals surface area contributed by atoms with E-state index in [0.29, 0.717) is 5.69 Å². The topological polar surface area (TPSA) is 62.5 Å². The molecule has 0 saturated heterocycles. The highest BCUT2D eigenvalue weighted by atomic mass is 16.2. The number of nitrogen functional groups attached to an aromatic ring is 1. The molecule has 0 fully saturated rings. The minimum absolute atomic E-state index is 0.0405. The molecule has 88 valence electrons. The van der Waals surface area contributed by atoms with E-state index >= 15 is 0 Å². The minimum atomic E-state index is -0.250. The summed E-state index contributed by atoms with van der Waals surface area (Å²) in [6.07, 6.45) is 3.24. The van der Waals surface area contributed by atoms with E-state index in [9.17, 15) is 4.79 Å². The molecule has 0 aliphatic rings. The number of nitrogens with zero attached hydrogens (tertiary/aromatic N) is 3. The normalized spacial score (nSPS) is 12.0. The molecule has 0 bridgehead atoms. The number of likely N-dealkylation sites (N-methyl/N-ethyl adjacent to an activating group) is 2. The van der Waals surface area contributed by atoms with Crippen LogP contribution in [-0.4, -0.2) is 43.0 Å². The molecular weight excluding hydrogens is 204 g/mol. The molecule has 16 heavy (non-hydrogen) atoms. The smallest absolute Gasteiger partial charge is 0.244 e. The van der Waals surface area contributed by atoms with Crippen LogP contribution in [0.25, 0.3) is 0 Å². The zero-order valence-corrected chi connectivity index (χ0v) is 10.1. The first kappa shape index (κ1) is 12.3. The Balaban J connectivity index is 2.90. The molecule has 1 aromatic heterocycles. The van der Waals surface area contributed by atoms with Crippen molar-refractivity contribution in [2.75, 3.05) is 31.8 Å². The fourth-order valence-corrected chi connectivity index (χ4v) is 1.47. The summed E-state index contributed by atoms with van der Waals surface area (Å²) in [4.78, 5) is 19.1. The molecule has 0 aliphatic carbocycles. The monoisotopic (exact) mass is 222 g/mol. The van der Waals surface area contributed by atoms with Crippen LogP contribution in [0.15, 0.2) is 18.5 Å². The SMILES string of the molecule is CC(C(=O)N(C)C)N(C)c1ccncc1N. The van der Waals surface area contributed by atoms with Gasteiger partial charge in [-0.25, -0.2) is 0 Å². The lowest BCUT2D eigenvalue weighted by Gasteiger charge is -2.28. The maximum atomic E-state index is 11.8. The van der Waals surface area contributed by atoms with E-state index < -0.39 is 0 Å². The van der Waals surface area contributed by atoms with Crippen molar-refractivity contribution in [1.29, 1.82) is 0 Å². The lowest BCUT2D eigenvalue weighted by Crippen LogP contribution is -2.43. The van der Waals surface area contributed by atoms with Gasteiger partial charge in [0.2, 0.25) is 5.91 Å². The van der Waals surface area contributed by atoms with Crippen LogP contribution in [0, 0.1) is 0 Å². The van der Waals surface area contributed by atoms with Crippen LogP contribution in [0.5, 0.6) is 0 Å². The molecule has 1 rings (SSSR count). The first-order chi connectivity index (χ1) is 7.45. The molecule has 1 aromatic rings. The Morgan fingerprint density at radius 3 is 2.56 bits per heavy atom. The largest absolute Gasteiger partial charge is 0.396 e. The van der Waals surface area contributed by atoms with Crippen LogP contribution in [0.1, 0.15) is 6.92 Å². The van der Waals surface area contributed by atoms with Gasteiger partial charge in [0.1, 0.15) is 6.04 Å². The highest BCUT2D eigenvalue weighted by molar-refractivity contribution is 5.85. The highest BCUT2D eigenvalue weighted by Crippen LogP contribution is 2.22. The van der Waals surface area contributed by atoms with Gasteiger partial charge in [-0.05, 0) is 13.0 Å². The molecular formula is C11H18N4O. The zero-order chi connectivity index (χ0) is 12.3. The fraction of sp³-hybridized carbons (Fsp3) is 0.455. The third-order valence-electron chi connectivity index (χ3n) is 2.59. The quantitative estimate of drug-likeness (QED) is 0.812. The summed E-state index contributed by atoms with van der Waals surface area (Å²) in [5, 5.41) is 0.